The maximum atomic E-state index is 12.7. The number of piperazine rings is 1. The van der Waals surface area contributed by atoms with Crippen LogP contribution in [0.2, 0.25) is 10.0 Å². The number of amides is 1. The number of fused-ring (bicyclic) bond motifs is 1. The van der Waals surface area contributed by atoms with E-state index in [1.54, 1.807) is 11.3 Å². The van der Waals surface area contributed by atoms with Gasteiger partial charge in [-0.3, -0.25) is 14.6 Å². The number of benzene rings is 1. The number of nitrogens with zero attached hydrogens (tertiary/aromatic N) is 3. The largest absolute Gasteiger partial charge is 0.315 e. The molecule has 5 nitrogen and oxygen atoms in total. The lowest BCUT2D eigenvalue weighted by molar-refractivity contribution is -0.117. The van der Waals surface area contributed by atoms with Crippen LogP contribution < -0.4 is 5.32 Å². The number of carbonyl (C=O) groups excluding carboxylic acids is 1. The Labute approximate surface area is 197 Å². The number of anilines is 1. The fourth-order valence-corrected chi connectivity index (χ4v) is 6.03. The van der Waals surface area contributed by atoms with Gasteiger partial charge in [-0.1, -0.05) is 36.2 Å². The Morgan fingerprint density at radius 1 is 1.23 bits per heavy atom. The van der Waals surface area contributed by atoms with Gasteiger partial charge in [0.2, 0.25) is 5.91 Å². The van der Waals surface area contributed by atoms with Gasteiger partial charge in [0.05, 0.1) is 22.2 Å². The number of hydrogen-bond donors (Lipinski definition) is 1. The van der Waals surface area contributed by atoms with Gasteiger partial charge >= 0.3 is 0 Å². The average Bonchev–Trinajstić information content (AvgIpc) is 3.07. The van der Waals surface area contributed by atoms with Crippen molar-refractivity contribution in [3.05, 3.63) is 49.8 Å². The van der Waals surface area contributed by atoms with Crippen LogP contribution >= 0.6 is 34.5 Å². The molecule has 2 aliphatic rings. The molecular weight excluding hydrogens is 451 g/mol. The Morgan fingerprint density at radius 2 is 1.97 bits per heavy atom. The second-order valence-electron chi connectivity index (χ2n) is 8.52. The minimum absolute atomic E-state index is 0.0407. The molecule has 2 heterocycles. The van der Waals surface area contributed by atoms with Crippen molar-refractivity contribution in [3.63, 3.8) is 0 Å². The van der Waals surface area contributed by atoms with E-state index in [0.29, 0.717) is 28.1 Å². The van der Waals surface area contributed by atoms with E-state index in [2.05, 4.69) is 28.1 Å². The van der Waals surface area contributed by atoms with Crippen LogP contribution in [-0.4, -0.2) is 48.4 Å². The second kappa shape index (κ2) is 9.89. The van der Waals surface area contributed by atoms with Crippen molar-refractivity contribution in [1.82, 2.24) is 9.80 Å². The summed E-state index contributed by atoms with van der Waals surface area (Å²) in [5.41, 5.74) is 2.96. The van der Waals surface area contributed by atoms with Gasteiger partial charge < -0.3 is 5.32 Å². The van der Waals surface area contributed by atoms with E-state index in [-0.39, 0.29) is 5.91 Å². The molecule has 1 saturated heterocycles. The SMILES string of the molecule is CC1CCc2c(sc(NC(=O)CN3CCN(Cc4ccc(Cl)c(Cl)c4)CC3)c2C#N)C1. The number of nitrogens with one attached hydrogen (secondary N) is 1. The smallest absolute Gasteiger partial charge is 0.239 e. The van der Waals surface area contributed by atoms with E-state index in [1.165, 1.54) is 4.88 Å². The molecule has 1 N–H and O–H groups in total. The van der Waals surface area contributed by atoms with Gasteiger partial charge in [0, 0.05) is 37.6 Å². The summed E-state index contributed by atoms with van der Waals surface area (Å²) in [4.78, 5) is 18.5. The van der Waals surface area contributed by atoms with E-state index >= 15 is 0 Å². The average molecular weight is 477 g/mol. The maximum Gasteiger partial charge on any atom is 0.239 e. The van der Waals surface area contributed by atoms with Crippen LogP contribution in [0, 0.1) is 17.2 Å². The summed E-state index contributed by atoms with van der Waals surface area (Å²) < 4.78 is 0. The zero-order valence-electron chi connectivity index (χ0n) is 17.6. The second-order valence-corrected chi connectivity index (χ2v) is 10.4. The molecule has 1 aliphatic carbocycles. The number of rotatable bonds is 5. The molecule has 2 aromatic rings. The fraction of sp³-hybridized carbons (Fsp3) is 0.478. The molecule has 1 atom stereocenters. The summed E-state index contributed by atoms with van der Waals surface area (Å²) >= 11 is 13.7. The summed E-state index contributed by atoms with van der Waals surface area (Å²) in [5.74, 6) is 0.600. The van der Waals surface area contributed by atoms with E-state index in [0.717, 1.165) is 68.1 Å². The molecule has 1 aromatic carbocycles. The standard InChI is InChI=1S/C23H26Cl2N4OS/c1-15-2-4-17-18(12-26)23(31-21(17)10-15)27-22(30)14-29-8-6-28(7-9-29)13-16-3-5-19(24)20(25)11-16/h3,5,11,15H,2,4,6-10,13-14H2,1H3,(H,27,30). The highest BCUT2D eigenvalue weighted by molar-refractivity contribution is 7.16. The highest BCUT2D eigenvalue weighted by Crippen LogP contribution is 2.39. The van der Waals surface area contributed by atoms with Crippen molar-refractivity contribution in [3.8, 4) is 6.07 Å². The van der Waals surface area contributed by atoms with Gasteiger partial charge in [-0.25, -0.2) is 0 Å². The van der Waals surface area contributed by atoms with Crippen molar-refractivity contribution in [1.29, 1.82) is 5.26 Å². The number of halogens is 2. The fourth-order valence-electron chi connectivity index (χ4n) is 4.33. The van der Waals surface area contributed by atoms with Crippen LogP contribution in [-0.2, 0) is 24.2 Å². The Hall–Kier alpha value is -1.62. The third kappa shape index (κ3) is 5.42. The van der Waals surface area contributed by atoms with Crippen LogP contribution in [0.1, 0.15) is 34.9 Å². The first kappa shape index (κ1) is 22.6. The predicted octanol–water partition coefficient (Wildman–Crippen LogP) is 4.81. The summed E-state index contributed by atoms with van der Waals surface area (Å²) in [6.45, 7) is 6.86. The third-order valence-electron chi connectivity index (χ3n) is 6.10. The van der Waals surface area contributed by atoms with Crippen LogP contribution in [0.4, 0.5) is 5.00 Å². The zero-order chi connectivity index (χ0) is 22.0. The van der Waals surface area contributed by atoms with Crippen LogP contribution in [0.25, 0.3) is 0 Å². The molecule has 1 aromatic heterocycles. The van der Waals surface area contributed by atoms with Crippen molar-refractivity contribution in [2.24, 2.45) is 5.92 Å². The Balaban J connectivity index is 1.29. The highest BCUT2D eigenvalue weighted by Gasteiger charge is 2.25. The van der Waals surface area contributed by atoms with E-state index in [1.807, 2.05) is 18.2 Å². The number of carbonyl (C=O) groups is 1. The highest BCUT2D eigenvalue weighted by atomic mass is 35.5. The molecule has 1 aliphatic heterocycles. The van der Waals surface area contributed by atoms with Crippen LogP contribution in [0.5, 0.6) is 0 Å². The molecule has 0 bridgehead atoms. The molecule has 1 unspecified atom stereocenters. The monoisotopic (exact) mass is 476 g/mol. The molecule has 4 rings (SSSR count). The molecule has 1 amide bonds. The first-order valence-electron chi connectivity index (χ1n) is 10.7. The van der Waals surface area contributed by atoms with Crippen molar-refractivity contribution < 1.29 is 4.79 Å². The molecule has 0 spiro atoms. The number of nitriles is 1. The minimum Gasteiger partial charge on any atom is -0.315 e. The lowest BCUT2D eigenvalue weighted by Gasteiger charge is -2.34. The molecular formula is C23H26Cl2N4OS. The zero-order valence-corrected chi connectivity index (χ0v) is 19.9. The molecule has 0 radical (unpaired) electrons. The van der Waals surface area contributed by atoms with E-state index < -0.39 is 0 Å². The first-order valence-corrected chi connectivity index (χ1v) is 12.2. The molecule has 1 fully saturated rings. The van der Waals surface area contributed by atoms with Gasteiger partial charge in [0.1, 0.15) is 11.1 Å². The normalized spacial score (nSPS) is 19.6. The molecule has 31 heavy (non-hydrogen) atoms. The summed E-state index contributed by atoms with van der Waals surface area (Å²) in [6, 6.07) is 8.07. The lowest BCUT2D eigenvalue weighted by atomic mass is 9.89. The first-order chi connectivity index (χ1) is 14.9. The Morgan fingerprint density at radius 3 is 2.68 bits per heavy atom. The minimum atomic E-state index is -0.0407. The van der Waals surface area contributed by atoms with Crippen molar-refractivity contribution in [2.75, 3.05) is 38.0 Å². The van der Waals surface area contributed by atoms with E-state index in [4.69, 9.17) is 23.2 Å². The number of hydrogen-bond acceptors (Lipinski definition) is 5. The van der Waals surface area contributed by atoms with Crippen molar-refractivity contribution in [2.45, 2.75) is 32.7 Å². The van der Waals surface area contributed by atoms with Gasteiger partial charge in [-0.15, -0.1) is 11.3 Å². The quantitative estimate of drug-likeness (QED) is 0.672. The predicted molar refractivity (Wildman–Crippen MR) is 127 cm³/mol. The summed E-state index contributed by atoms with van der Waals surface area (Å²) in [6.07, 6.45) is 3.05. The molecule has 0 saturated carbocycles. The van der Waals surface area contributed by atoms with E-state index in [9.17, 15) is 10.1 Å². The van der Waals surface area contributed by atoms with Crippen molar-refractivity contribution >= 4 is 45.4 Å². The van der Waals surface area contributed by atoms with Gasteiger partial charge in [0.25, 0.3) is 0 Å². The molecule has 164 valence electrons. The summed E-state index contributed by atoms with van der Waals surface area (Å²) in [5, 5.41) is 14.5. The van der Waals surface area contributed by atoms with Crippen LogP contribution in [0.3, 0.4) is 0 Å². The topological polar surface area (TPSA) is 59.4 Å². The van der Waals surface area contributed by atoms with Gasteiger partial charge in [-0.05, 0) is 48.4 Å². The van der Waals surface area contributed by atoms with Gasteiger partial charge in [0.15, 0.2) is 0 Å². The lowest BCUT2D eigenvalue weighted by Crippen LogP contribution is -2.48. The Kier molecular flexibility index (Phi) is 7.20. The number of thiophene rings is 1. The molecule has 8 heteroatoms. The maximum absolute atomic E-state index is 12.7. The van der Waals surface area contributed by atoms with Gasteiger partial charge in [-0.2, -0.15) is 5.26 Å². The Bertz CT molecular complexity index is 1010. The van der Waals surface area contributed by atoms with Crippen LogP contribution in [0.15, 0.2) is 18.2 Å². The summed E-state index contributed by atoms with van der Waals surface area (Å²) in [7, 11) is 0. The third-order valence-corrected chi connectivity index (χ3v) is 8.01.